The lowest BCUT2D eigenvalue weighted by Crippen LogP contribution is -2.66. The maximum absolute atomic E-state index is 13.7. The van der Waals surface area contributed by atoms with Crippen LogP contribution in [0.25, 0.3) is 6.08 Å². The maximum Gasteiger partial charge on any atom is 0.261 e. The van der Waals surface area contributed by atoms with E-state index in [1.54, 1.807) is 12.1 Å². The first-order valence-corrected chi connectivity index (χ1v) is 19.3. The van der Waals surface area contributed by atoms with Crippen LogP contribution < -0.4 is 10.4 Å². The van der Waals surface area contributed by atoms with Crippen molar-refractivity contribution in [1.82, 2.24) is 4.90 Å². The van der Waals surface area contributed by atoms with Crippen molar-refractivity contribution in [3.05, 3.63) is 101 Å². The number of hydrogen-bond donors (Lipinski definition) is 3. The van der Waals surface area contributed by atoms with Gasteiger partial charge < -0.3 is 24.2 Å². The number of hydrogen-bond acceptors (Lipinski definition) is 7. The summed E-state index contributed by atoms with van der Waals surface area (Å²) in [4.78, 5) is 28.8. The molecule has 49 heavy (non-hydrogen) atoms. The average Bonchev–Trinajstić information content (AvgIpc) is 3.65. The minimum absolute atomic E-state index is 0.166. The molecule has 1 saturated heterocycles. The number of allylic oxidation sites excluding steroid dienone is 1. The summed E-state index contributed by atoms with van der Waals surface area (Å²) in [5.74, 6) is -1.40. The Morgan fingerprint density at radius 2 is 1.63 bits per heavy atom. The molecule has 2 heterocycles. The summed E-state index contributed by atoms with van der Waals surface area (Å²) in [5, 5.41) is 34.2. The van der Waals surface area contributed by atoms with Gasteiger partial charge in [0.1, 0.15) is 18.1 Å². The first-order valence-electron chi connectivity index (χ1n) is 17.4. The Bertz CT molecular complexity index is 1620. The molecule has 4 atom stereocenters. The van der Waals surface area contributed by atoms with E-state index in [0.29, 0.717) is 49.3 Å². The standard InChI is InChI=1S/C40H51NO7Si/c1-6-21-41-38(45)33-23-28(26-47-49(40(3,4)5,31-13-9-7-10-14-31)32-15-11-8-12-16-32)36(34(25-43)37(33)39(41)46)35(44)20-17-27(2)22-29-18-19-30(24-42)48-29/h7-16,18-19,22,33-35,37,42-44H,6,17,20-21,23-26H2,1-5H3/b27-22+/t33-,34+,35-,37-/m1/s1. The Morgan fingerprint density at radius 1 is 1.00 bits per heavy atom. The van der Waals surface area contributed by atoms with Gasteiger partial charge in [-0.2, -0.15) is 0 Å². The SMILES string of the molecule is CCCN1C(=O)[C@@H]2[C@@H](CC(CO[Si](c3ccccc3)(c3ccccc3)C(C)(C)C)=C([C@H](O)CC/C(C)=C/c3ccc(CO)o3)[C@@H]2CO)C1=O. The Hall–Kier alpha value is -3.60. The second kappa shape index (κ2) is 15.5. The molecule has 1 aliphatic carbocycles. The molecular weight excluding hydrogens is 635 g/mol. The Morgan fingerprint density at radius 3 is 2.16 bits per heavy atom. The molecule has 0 saturated carbocycles. The van der Waals surface area contributed by atoms with Crippen LogP contribution in [0.15, 0.2) is 93.9 Å². The number of carbonyl (C=O) groups is 2. The van der Waals surface area contributed by atoms with Gasteiger partial charge in [0.25, 0.3) is 8.32 Å². The van der Waals surface area contributed by atoms with Gasteiger partial charge in [-0.1, -0.05) is 93.9 Å². The molecule has 0 radical (unpaired) electrons. The van der Waals surface area contributed by atoms with Crippen LogP contribution in [-0.4, -0.2) is 66.2 Å². The summed E-state index contributed by atoms with van der Waals surface area (Å²) in [7, 11) is -2.98. The van der Waals surface area contributed by atoms with E-state index in [2.05, 4.69) is 45.0 Å². The number of aliphatic hydroxyl groups excluding tert-OH is 3. The molecule has 3 aromatic rings. The molecule has 0 bridgehead atoms. The lowest BCUT2D eigenvalue weighted by Gasteiger charge is -2.44. The summed E-state index contributed by atoms with van der Waals surface area (Å²) in [5.41, 5.74) is 2.38. The van der Waals surface area contributed by atoms with Crippen LogP contribution in [0.2, 0.25) is 5.04 Å². The minimum Gasteiger partial charge on any atom is -0.459 e. The number of rotatable bonds is 14. The topological polar surface area (TPSA) is 120 Å². The number of furan rings is 1. The maximum atomic E-state index is 13.7. The van der Waals surface area contributed by atoms with E-state index >= 15 is 0 Å². The van der Waals surface area contributed by atoms with Crippen LogP contribution in [0.1, 0.15) is 71.8 Å². The van der Waals surface area contributed by atoms with Crippen LogP contribution in [0, 0.1) is 17.8 Å². The first-order chi connectivity index (χ1) is 23.5. The van der Waals surface area contributed by atoms with Gasteiger partial charge in [0, 0.05) is 12.5 Å². The summed E-state index contributed by atoms with van der Waals surface area (Å²) < 4.78 is 12.9. The highest BCUT2D eigenvalue weighted by Crippen LogP contribution is 2.47. The van der Waals surface area contributed by atoms with Crippen LogP contribution in [0.4, 0.5) is 0 Å². The van der Waals surface area contributed by atoms with Gasteiger partial charge >= 0.3 is 0 Å². The van der Waals surface area contributed by atoms with E-state index in [1.165, 1.54) is 4.90 Å². The molecular formula is C40H51NO7Si. The number of imide groups is 1. The summed E-state index contributed by atoms with van der Waals surface area (Å²) in [6.45, 7) is 10.5. The van der Waals surface area contributed by atoms with Crippen LogP contribution in [0.5, 0.6) is 0 Å². The largest absolute Gasteiger partial charge is 0.459 e. The lowest BCUT2D eigenvalue weighted by molar-refractivity contribution is -0.140. The Kier molecular flexibility index (Phi) is 11.6. The van der Waals surface area contributed by atoms with E-state index < -0.39 is 32.2 Å². The highest BCUT2D eigenvalue weighted by molar-refractivity contribution is 6.99. The fourth-order valence-corrected chi connectivity index (χ4v) is 12.5. The molecule has 2 aliphatic rings. The van der Waals surface area contributed by atoms with Crippen LogP contribution in [0.3, 0.4) is 0 Å². The molecule has 8 nitrogen and oxygen atoms in total. The third kappa shape index (κ3) is 7.32. The van der Waals surface area contributed by atoms with Crippen molar-refractivity contribution < 1.29 is 33.8 Å². The highest BCUT2D eigenvalue weighted by atomic mass is 28.4. The number of nitrogens with zero attached hydrogens (tertiary/aromatic N) is 1. The van der Waals surface area contributed by atoms with Crippen molar-refractivity contribution in [1.29, 1.82) is 0 Å². The van der Waals surface area contributed by atoms with Crippen molar-refractivity contribution in [3.63, 3.8) is 0 Å². The van der Waals surface area contributed by atoms with Gasteiger partial charge in [-0.05, 0) is 77.4 Å². The van der Waals surface area contributed by atoms with Gasteiger partial charge in [0.2, 0.25) is 11.8 Å². The van der Waals surface area contributed by atoms with E-state index in [9.17, 15) is 24.9 Å². The zero-order chi connectivity index (χ0) is 35.3. The molecule has 5 rings (SSSR count). The molecule has 1 fully saturated rings. The lowest BCUT2D eigenvalue weighted by atomic mass is 9.68. The number of aliphatic hydroxyl groups is 3. The number of fused-ring (bicyclic) bond motifs is 1. The fourth-order valence-electron chi connectivity index (χ4n) is 7.95. The van der Waals surface area contributed by atoms with Crippen molar-refractivity contribution in [3.8, 4) is 0 Å². The monoisotopic (exact) mass is 685 g/mol. The highest BCUT2D eigenvalue weighted by Gasteiger charge is 2.55. The van der Waals surface area contributed by atoms with E-state index in [1.807, 2.05) is 56.3 Å². The predicted molar refractivity (Wildman–Crippen MR) is 193 cm³/mol. The summed E-state index contributed by atoms with van der Waals surface area (Å²) >= 11 is 0. The van der Waals surface area contributed by atoms with Gasteiger partial charge in [-0.25, -0.2) is 0 Å². The molecule has 1 aromatic heterocycles. The quantitative estimate of drug-likeness (QED) is 0.121. The van der Waals surface area contributed by atoms with E-state index in [-0.39, 0.29) is 36.7 Å². The van der Waals surface area contributed by atoms with Gasteiger partial charge in [-0.15, -0.1) is 0 Å². The Labute approximate surface area is 291 Å². The molecule has 0 unspecified atom stereocenters. The minimum atomic E-state index is -2.98. The van der Waals surface area contributed by atoms with Crippen molar-refractivity contribution in [2.24, 2.45) is 17.8 Å². The average molecular weight is 686 g/mol. The predicted octanol–water partition coefficient (Wildman–Crippen LogP) is 5.21. The molecule has 2 amide bonds. The van der Waals surface area contributed by atoms with E-state index in [4.69, 9.17) is 8.84 Å². The van der Waals surface area contributed by atoms with E-state index in [0.717, 1.165) is 21.5 Å². The second-order valence-electron chi connectivity index (χ2n) is 14.5. The zero-order valence-electron chi connectivity index (χ0n) is 29.4. The van der Waals surface area contributed by atoms with Crippen LogP contribution >= 0.6 is 0 Å². The van der Waals surface area contributed by atoms with Gasteiger partial charge in [0.15, 0.2) is 0 Å². The molecule has 0 spiro atoms. The fraction of sp³-hybridized carbons (Fsp3) is 0.450. The number of likely N-dealkylation sites (tertiary alicyclic amines) is 1. The third-order valence-corrected chi connectivity index (χ3v) is 15.2. The third-order valence-electron chi connectivity index (χ3n) is 10.2. The molecule has 262 valence electrons. The Balaban J connectivity index is 1.55. The number of carbonyl (C=O) groups excluding carboxylic acids is 2. The van der Waals surface area contributed by atoms with Crippen molar-refractivity contribution in [2.75, 3.05) is 19.8 Å². The first kappa shape index (κ1) is 36.7. The molecule has 2 aromatic carbocycles. The zero-order valence-corrected chi connectivity index (χ0v) is 30.4. The van der Waals surface area contributed by atoms with Gasteiger partial charge in [-0.3, -0.25) is 14.5 Å². The van der Waals surface area contributed by atoms with Crippen molar-refractivity contribution >= 4 is 36.6 Å². The van der Waals surface area contributed by atoms with Gasteiger partial charge in [0.05, 0.1) is 31.2 Å². The molecule has 3 N–H and O–H groups in total. The summed E-state index contributed by atoms with van der Waals surface area (Å²) in [6.07, 6.45) is 2.74. The summed E-state index contributed by atoms with van der Waals surface area (Å²) in [6, 6.07) is 24.2. The normalized spacial score (nSPS) is 21.0. The number of benzene rings is 2. The second-order valence-corrected chi connectivity index (χ2v) is 18.8. The van der Waals surface area contributed by atoms with Crippen LogP contribution in [-0.2, 0) is 20.6 Å². The smallest absolute Gasteiger partial charge is 0.261 e. The molecule has 1 aliphatic heterocycles. The number of amides is 2. The molecule has 9 heteroatoms. The van der Waals surface area contributed by atoms with Crippen molar-refractivity contribution in [2.45, 2.75) is 78.1 Å².